The third-order valence-electron chi connectivity index (χ3n) is 6.12. The highest BCUT2D eigenvalue weighted by molar-refractivity contribution is 7.91. The predicted molar refractivity (Wildman–Crippen MR) is 100.0 cm³/mol. The van der Waals surface area contributed by atoms with E-state index in [1.807, 2.05) is 19.9 Å². The van der Waals surface area contributed by atoms with Crippen molar-refractivity contribution < 1.29 is 13.2 Å². The Kier molecular flexibility index (Phi) is 4.31. The van der Waals surface area contributed by atoms with E-state index in [4.69, 9.17) is 0 Å². The molecule has 1 aromatic rings. The van der Waals surface area contributed by atoms with Crippen LogP contribution in [0, 0.1) is 16.7 Å². The van der Waals surface area contributed by atoms with Crippen molar-refractivity contribution in [2.45, 2.75) is 45.4 Å². The number of hydrogen-bond acceptors (Lipinski definition) is 3. The van der Waals surface area contributed by atoms with Gasteiger partial charge in [0.1, 0.15) is 5.78 Å². The van der Waals surface area contributed by atoms with Crippen LogP contribution >= 0.6 is 0 Å². The summed E-state index contributed by atoms with van der Waals surface area (Å²) in [5.74, 6) is 0.104. The van der Waals surface area contributed by atoms with Crippen LogP contribution in [0.1, 0.15) is 40.5 Å². The number of carbonyl (C=O) groups excluding carboxylic acids is 1. The minimum absolute atomic E-state index is 0.0262. The summed E-state index contributed by atoms with van der Waals surface area (Å²) in [5.41, 5.74) is 0.912. The van der Waals surface area contributed by atoms with Crippen molar-refractivity contribution in [3.63, 3.8) is 0 Å². The number of ketones is 1. The average Bonchev–Trinajstić information content (AvgIpc) is 2.56. The molecule has 0 aromatic heterocycles. The number of Topliss-reactive ketones (excluding diaryl/α,β-unsaturated/α-hetero) is 1. The first-order chi connectivity index (χ1) is 11.6. The molecule has 2 atom stereocenters. The quantitative estimate of drug-likeness (QED) is 0.807. The van der Waals surface area contributed by atoms with E-state index in [9.17, 15) is 13.2 Å². The minimum atomic E-state index is -3.49. The largest absolute Gasteiger partial charge is 0.299 e. The fraction of sp³-hybridized carbons (Fsp3) is 0.476. The molecule has 0 heterocycles. The number of carbonyl (C=O) groups is 1. The van der Waals surface area contributed by atoms with Crippen molar-refractivity contribution >= 4 is 15.6 Å². The van der Waals surface area contributed by atoms with Gasteiger partial charge in [-0.05, 0) is 49.3 Å². The van der Waals surface area contributed by atoms with Gasteiger partial charge in [0.25, 0.3) is 0 Å². The highest BCUT2D eigenvalue weighted by atomic mass is 32.2. The average molecular weight is 359 g/mol. The molecule has 1 aromatic carbocycles. The first-order valence-electron chi connectivity index (χ1n) is 8.78. The van der Waals surface area contributed by atoms with Crippen molar-refractivity contribution in [2.24, 2.45) is 16.7 Å². The maximum atomic E-state index is 13.0. The van der Waals surface area contributed by atoms with E-state index in [0.717, 1.165) is 17.6 Å². The molecule has 2 aliphatic carbocycles. The summed E-state index contributed by atoms with van der Waals surface area (Å²) in [5, 5.41) is 0. The molecule has 4 heteroatoms. The standard InChI is InChI=1S/C21H26O3S/c1-15-10-11-18-20(2,3)13-12-19(22)21(18,4)17(15)14-25(23,24)16-8-6-5-7-9-16/h5-11,18H,12-14H2,1-4H3/t18-,21+/m1/s1. The van der Waals surface area contributed by atoms with Gasteiger partial charge in [0, 0.05) is 6.42 Å². The molecule has 134 valence electrons. The molecule has 0 amide bonds. The minimum Gasteiger partial charge on any atom is -0.299 e. The van der Waals surface area contributed by atoms with Crippen molar-refractivity contribution in [1.29, 1.82) is 0 Å². The highest BCUT2D eigenvalue weighted by Crippen LogP contribution is 2.56. The Bertz CT molecular complexity index is 860. The second kappa shape index (κ2) is 5.94. The molecule has 0 unspecified atom stereocenters. The molecule has 1 fully saturated rings. The van der Waals surface area contributed by atoms with Crippen LogP contribution in [0.15, 0.2) is 58.5 Å². The lowest BCUT2D eigenvalue weighted by atomic mass is 9.52. The Morgan fingerprint density at radius 3 is 2.40 bits per heavy atom. The van der Waals surface area contributed by atoms with Crippen LogP contribution < -0.4 is 0 Å². The molecule has 0 bridgehead atoms. The number of allylic oxidation sites excluding steroid dienone is 3. The number of hydrogen-bond donors (Lipinski definition) is 0. The van der Waals surface area contributed by atoms with Crippen LogP contribution in [-0.4, -0.2) is 20.0 Å². The Hall–Kier alpha value is -1.68. The molecular formula is C21H26O3S. The van der Waals surface area contributed by atoms with E-state index in [1.54, 1.807) is 30.3 Å². The molecule has 1 saturated carbocycles. The van der Waals surface area contributed by atoms with Gasteiger partial charge in [0.15, 0.2) is 9.84 Å². The molecule has 3 nitrogen and oxygen atoms in total. The zero-order chi connectivity index (χ0) is 18.5. The Morgan fingerprint density at radius 2 is 1.76 bits per heavy atom. The lowest BCUT2D eigenvalue weighted by Gasteiger charge is -2.51. The van der Waals surface area contributed by atoms with E-state index in [-0.39, 0.29) is 22.9 Å². The van der Waals surface area contributed by atoms with Crippen LogP contribution in [0.5, 0.6) is 0 Å². The van der Waals surface area contributed by atoms with E-state index in [0.29, 0.717) is 11.3 Å². The Balaban J connectivity index is 2.08. The van der Waals surface area contributed by atoms with Crippen molar-refractivity contribution in [1.82, 2.24) is 0 Å². The van der Waals surface area contributed by atoms with Crippen LogP contribution in [0.3, 0.4) is 0 Å². The Labute approximate surface area is 150 Å². The van der Waals surface area contributed by atoms with Crippen LogP contribution in [0.4, 0.5) is 0 Å². The van der Waals surface area contributed by atoms with Crippen LogP contribution in [0.25, 0.3) is 0 Å². The molecule has 0 saturated heterocycles. The van der Waals surface area contributed by atoms with Crippen molar-refractivity contribution in [2.75, 3.05) is 5.75 Å². The molecule has 25 heavy (non-hydrogen) atoms. The molecule has 2 aliphatic rings. The Morgan fingerprint density at radius 1 is 1.12 bits per heavy atom. The third-order valence-corrected chi connectivity index (χ3v) is 7.78. The second-order valence-electron chi connectivity index (χ2n) is 8.18. The zero-order valence-electron chi connectivity index (χ0n) is 15.4. The maximum absolute atomic E-state index is 13.0. The molecule has 0 aliphatic heterocycles. The smallest absolute Gasteiger partial charge is 0.182 e. The van der Waals surface area contributed by atoms with Gasteiger partial charge in [-0.3, -0.25) is 4.79 Å². The molecule has 0 N–H and O–H groups in total. The van der Waals surface area contributed by atoms with E-state index in [2.05, 4.69) is 19.9 Å². The van der Waals surface area contributed by atoms with Gasteiger partial charge in [-0.2, -0.15) is 0 Å². The lowest BCUT2D eigenvalue weighted by molar-refractivity contribution is -0.135. The summed E-state index contributed by atoms with van der Waals surface area (Å²) in [7, 11) is -3.49. The monoisotopic (exact) mass is 358 g/mol. The number of sulfone groups is 1. The van der Waals surface area contributed by atoms with Gasteiger partial charge in [-0.15, -0.1) is 0 Å². The highest BCUT2D eigenvalue weighted by Gasteiger charge is 2.54. The number of rotatable bonds is 3. The molecule has 0 radical (unpaired) electrons. The fourth-order valence-electron chi connectivity index (χ4n) is 4.53. The van der Waals surface area contributed by atoms with Crippen LogP contribution in [0.2, 0.25) is 0 Å². The molecular weight excluding hydrogens is 332 g/mol. The lowest BCUT2D eigenvalue weighted by Crippen LogP contribution is -2.50. The topological polar surface area (TPSA) is 51.2 Å². The zero-order valence-corrected chi connectivity index (χ0v) is 16.2. The fourth-order valence-corrected chi connectivity index (χ4v) is 6.18. The second-order valence-corrected chi connectivity index (χ2v) is 10.2. The van der Waals surface area contributed by atoms with Gasteiger partial charge >= 0.3 is 0 Å². The number of benzene rings is 1. The predicted octanol–water partition coefficient (Wildman–Crippen LogP) is 4.36. The third kappa shape index (κ3) is 2.91. The van der Waals surface area contributed by atoms with Crippen LogP contribution in [-0.2, 0) is 14.6 Å². The van der Waals surface area contributed by atoms with Gasteiger partial charge in [0.05, 0.1) is 16.1 Å². The SMILES string of the molecule is CC1=C(CS(=O)(=O)c2ccccc2)[C@]2(C)C(=O)CCC(C)(C)[C@H]2C=C1. The summed E-state index contributed by atoms with van der Waals surface area (Å²) in [4.78, 5) is 13.3. The maximum Gasteiger partial charge on any atom is 0.182 e. The first kappa shape index (κ1) is 18.1. The van der Waals surface area contributed by atoms with Gasteiger partial charge < -0.3 is 0 Å². The number of fused-ring (bicyclic) bond motifs is 1. The summed E-state index contributed by atoms with van der Waals surface area (Å²) >= 11 is 0. The summed E-state index contributed by atoms with van der Waals surface area (Å²) in [6, 6.07) is 8.51. The van der Waals surface area contributed by atoms with E-state index >= 15 is 0 Å². The van der Waals surface area contributed by atoms with Gasteiger partial charge in [0.2, 0.25) is 0 Å². The van der Waals surface area contributed by atoms with E-state index in [1.165, 1.54) is 0 Å². The first-order valence-corrected chi connectivity index (χ1v) is 10.4. The summed E-state index contributed by atoms with van der Waals surface area (Å²) in [6.07, 6.45) is 5.47. The van der Waals surface area contributed by atoms with Gasteiger partial charge in [-0.1, -0.05) is 49.8 Å². The molecule has 3 rings (SSSR count). The van der Waals surface area contributed by atoms with Gasteiger partial charge in [-0.25, -0.2) is 8.42 Å². The normalized spacial score (nSPS) is 28.8. The van der Waals surface area contributed by atoms with Crippen molar-refractivity contribution in [3.8, 4) is 0 Å². The summed E-state index contributed by atoms with van der Waals surface area (Å²) < 4.78 is 25.9. The summed E-state index contributed by atoms with van der Waals surface area (Å²) in [6.45, 7) is 8.22. The van der Waals surface area contributed by atoms with Crippen molar-refractivity contribution in [3.05, 3.63) is 53.6 Å². The van der Waals surface area contributed by atoms with E-state index < -0.39 is 15.3 Å². The molecule has 0 spiro atoms.